The molecule has 1 atom stereocenters. The van der Waals surface area contributed by atoms with Crippen LogP contribution >= 0.6 is 0 Å². The zero-order chi connectivity index (χ0) is 8.27. The first-order valence-electron chi connectivity index (χ1n) is 3.76. The zero-order valence-corrected chi connectivity index (χ0v) is 6.75. The molecule has 0 spiro atoms. The highest BCUT2D eigenvalue weighted by atomic mass is 16.5. The molecule has 4 nitrogen and oxygen atoms in total. The van der Waals surface area contributed by atoms with Crippen LogP contribution in [0, 0.1) is 5.92 Å². The topological polar surface area (TPSA) is 55.6 Å². The molecule has 1 fully saturated rings. The van der Waals surface area contributed by atoms with Gasteiger partial charge in [-0.3, -0.25) is 4.79 Å². The Labute approximate surface area is 66.3 Å². The molecule has 1 amide bonds. The summed E-state index contributed by atoms with van der Waals surface area (Å²) in [4.78, 5) is 12.7. The second-order valence-electron chi connectivity index (χ2n) is 2.89. The van der Waals surface area contributed by atoms with E-state index in [0.29, 0.717) is 19.1 Å². The third-order valence-corrected chi connectivity index (χ3v) is 1.87. The fourth-order valence-electron chi connectivity index (χ4n) is 1.11. The van der Waals surface area contributed by atoms with Crippen molar-refractivity contribution in [2.75, 3.05) is 33.4 Å². The lowest BCUT2D eigenvalue weighted by Crippen LogP contribution is -2.33. The van der Waals surface area contributed by atoms with Gasteiger partial charge in [-0.15, -0.1) is 0 Å². The quantitative estimate of drug-likeness (QED) is 0.535. The first kappa shape index (κ1) is 8.49. The maximum Gasteiger partial charge on any atom is 0.248 e. The first-order valence-corrected chi connectivity index (χ1v) is 3.76. The minimum atomic E-state index is 0.0425. The molecule has 1 aliphatic rings. The van der Waals surface area contributed by atoms with Crippen LogP contribution in [-0.4, -0.2) is 44.2 Å². The summed E-state index contributed by atoms with van der Waals surface area (Å²) in [5.74, 6) is 0.340. The van der Waals surface area contributed by atoms with E-state index in [2.05, 4.69) is 0 Å². The minimum Gasteiger partial charge on any atom is -0.371 e. The second-order valence-corrected chi connectivity index (χ2v) is 2.89. The van der Waals surface area contributed by atoms with E-state index in [1.165, 1.54) is 0 Å². The van der Waals surface area contributed by atoms with Crippen molar-refractivity contribution < 1.29 is 9.53 Å². The minimum absolute atomic E-state index is 0.0425. The molecule has 1 rings (SSSR count). The Balaban J connectivity index is 2.48. The van der Waals surface area contributed by atoms with Gasteiger partial charge in [-0.1, -0.05) is 0 Å². The van der Waals surface area contributed by atoms with Gasteiger partial charge in [0.25, 0.3) is 0 Å². The summed E-state index contributed by atoms with van der Waals surface area (Å²) in [6.07, 6.45) is 0. The lowest BCUT2D eigenvalue weighted by Gasteiger charge is -2.17. The van der Waals surface area contributed by atoms with Crippen molar-refractivity contribution in [3.8, 4) is 0 Å². The maximum absolute atomic E-state index is 11.0. The average molecular weight is 158 g/mol. The Bertz CT molecular complexity index is 149. The summed E-state index contributed by atoms with van der Waals surface area (Å²) in [5.41, 5.74) is 5.46. The molecule has 0 radical (unpaired) electrons. The van der Waals surface area contributed by atoms with Crippen LogP contribution in [-0.2, 0) is 9.53 Å². The summed E-state index contributed by atoms with van der Waals surface area (Å²) in [7, 11) is 1.78. The van der Waals surface area contributed by atoms with E-state index >= 15 is 0 Å². The van der Waals surface area contributed by atoms with E-state index < -0.39 is 0 Å². The second kappa shape index (κ2) is 3.69. The Morgan fingerprint density at radius 1 is 1.82 bits per heavy atom. The maximum atomic E-state index is 11.0. The lowest BCUT2D eigenvalue weighted by molar-refractivity contribution is -0.132. The van der Waals surface area contributed by atoms with Gasteiger partial charge in [-0.05, 0) is 6.54 Å². The van der Waals surface area contributed by atoms with E-state index in [-0.39, 0.29) is 12.5 Å². The molecule has 1 saturated heterocycles. The number of amides is 1. The molecule has 64 valence electrons. The molecular weight excluding hydrogens is 144 g/mol. The summed E-state index contributed by atoms with van der Waals surface area (Å²) < 4.78 is 5.11. The third kappa shape index (κ3) is 2.17. The van der Waals surface area contributed by atoms with Crippen LogP contribution in [0.5, 0.6) is 0 Å². The highest BCUT2D eigenvalue weighted by Crippen LogP contribution is 2.03. The first-order chi connectivity index (χ1) is 5.24. The fraction of sp³-hybridized carbons (Fsp3) is 0.857. The van der Waals surface area contributed by atoms with E-state index in [1.807, 2.05) is 0 Å². The normalized spacial score (nSPS) is 26.9. The fourth-order valence-corrected chi connectivity index (χ4v) is 1.11. The number of carbonyl (C=O) groups excluding carboxylic acids is 1. The van der Waals surface area contributed by atoms with Crippen molar-refractivity contribution in [1.29, 1.82) is 0 Å². The van der Waals surface area contributed by atoms with E-state index in [4.69, 9.17) is 10.5 Å². The standard InChI is InChI=1S/C7H14N2O2/c1-9-3-6(2-8)4-11-5-7(9)10/h6H,2-5,8H2,1H3. The number of nitrogens with zero attached hydrogens (tertiary/aromatic N) is 1. The Morgan fingerprint density at radius 2 is 2.55 bits per heavy atom. The third-order valence-electron chi connectivity index (χ3n) is 1.87. The van der Waals surface area contributed by atoms with Gasteiger partial charge in [0.1, 0.15) is 6.61 Å². The summed E-state index contributed by atoms with van der Waals surface area (Å²) >= 11 is 0. The van der Waals surface area contributed by atoms with Crippen molar-refractivity contribution in [2.24, 2.45) is 11.7 Å². The number of hydrogen-bond acceptors (Lipinski definition) is 3. The van der Waals surface area contributed by atoms with Gasteiger partial charge in [0.2, 0.25) is 5.91 Å². The van der Waals surface area contributed by atoms with Crippen molar-refractivity contribution in [1.82, 2.24) is 4.90 Å². The molecule has 4 heteroatoms. The van der Waals surface area contributed by atoms with Gasteiger partial charge >= 0.3 is 0 Å². The highest BCUT2D eigenvalue weighted by Gasteiger charge is 2.19. The SMILES string of the molecule is CN1CC(CN)COCC1=O. The molecule has 0 aromatic heterocycles. The number of ether oxygens (including phenoxy) is 1. The molecule has 0 aromatic rings. The predicted molar refractivity (Wildman–Crippen MR) is 41.0 cm³/mol. The van der Waals surface area contributed by atoms with Crippen molar-refractivity contribution in [3.63, 3.8) is 0 Å². The van der Waals surface area contributed by atoms with Gasteiger partial charge in [-0.25, -0.2) is 0 Å². The van der Waals surface area contributed by atoms with Crippen LogP contribution in [0.3, 0.4) is 0 Å². The Morgan fingerprint density at radius 3 is 3.18 bits per heavy atom. The van der Waals surface area contributed by atoms with E-state index in [1.54, 1.807) is 11.9 Å². The summed E-state index contributed by atoms with van der Waals surface area (Å²) in [6, 6.07) is 0. The average Bonchev–Trinajstić information content (AvgIpc) is 2.15. The molecule has 11 heavy (non-hydrogen) atoms. The molecule has 1 aliphatic heterocycles. The molecule has 0 aliphatic carbocycles. The van der Waals surface area contributed by atoms with Crippen LogP contribution in [0.15, 0.2) is 0 Å². The van der Waals surface area contributed by atoms with Crippen molar-refractivity contribution >= 4 is 5.91 Å². The molecule has 2 N–H and O–H groups in total. The van der Waals surface area contributed by atoms with Crippen LogP contribution in [0.2, 0.25) is 0 Å². The molecule has 0 aromatic carbocycles. The molecule has 0 bridgehead atoms. The lowest BCUT2D eigenvalue weighted by atomic mass is 10.1. The van der Waals surface area contributed by atoms with Crippen LogP contribution in [0.25, 0.3) is 0 Å². The van der Waals surface area contributed by atoms with Gasteiger partial charge in [0, 0.05) is 19.5 Å². The Kier molecular flexibility index (Phi) is 2.84. The number of hydrogen-bond donors (Lipinski definition) is 1. The molecule has 0 saturated carbocycles. The number of rotatable bonds is 1. The number of likely N-dealkylation sites (N-methyl/N-ethyl adjacent to an activating group) is 1. The smallest absolute Gasteiger partial charge is 0.248 e. The highest BCUT2D eigenvalue weighted by molar-refractivity contribution is 5.77. The van der Waals surface area contributed by atoms with E-state index in [0.717, 1.165) is 6.54 Å². The largest absolute Gasteiger partial charge is 0.371 e. The van der Waals surface area contributed by atoms with Gasteiger partial charge in [-0.2, -0.15) is 0 Å². The summed E-state index contributed by atoms with van der Waals surface area (Å²) in [5, 5.41) is 0. The Hall–Kier alpha value is -0.610. The van der Waals surface area contributed by atoms with E-state index in [9.17, 15) is 4.79 Å². The van der Waals surface area contributed by atoms with Gasteiger partial charge < -0.3 is 15.4 Å². The molecule has 1 heterocycles. The van der Waals surface area contributed by atoms with Crippen LogP contribution < -0.4 is 5.73 Å². The molecule has 1 unspecified atom stereocenters. The molecular formula is C7H14N2O2. The van der Waals surface area contributed by atoms with Gasteiger partial charge in [0.05, 0.1) is 6.61 Å². The van der Waals surface area contributed by atoms with Crippen LogP contribution in [0.1, 0.15) is 0 Å². The van der Waals surface area contributed by atoms with Crippen molar-refractivity contribution in [2.45, 2.75) is 0 Å². The number of carbonyl (C=O) groups is 1. The predicted octanol–water partition coefficient (Wildman–Crippen LogP) is -0.950. The van der Waals surface area contributed by atoms with Crippen LogP contribution in [0.4, 0.5) is 0 Å². The van der Waals surface area contributed by atoms with Crippen molar-refractivity contribution in [3.05, 3.63) is 0 Å². The monoisotopic (exact) mass is 158 g/mol. The zero-order valence-electron chi connectivity index (χ0n) is 6.75. The summed E-state index contributed by atoms with van der Waals surface area (Å²) in [6.45, 7) is 2.10. The van der Waals surface area contributed by atoms with Gasteiger partial charge in [0.15, 0.2) is 0 Å². The number of nitrogens with two attached hydrogens (primary N) is 1.